The molecule has 0 spiro atoms. The van der Waals surface area contributed by atoms with Gasteiger partial charge in [0.25, 0.3) is 0 Å². The molecule has 1 aromatic rings. The summed E-state index contributed by atoms with van der Waals surface area (Å²) in [6.45, 7) is 4.86. The highest BCUT2D eigenvalue weighted by molar-refractivity contribution is 5.77. The zero-order valence-corrected chi connectivity index (χ0v) is 11.4. The van der Waals surface area contributed by atoms with Crippen molar-refractivity contribution < 1.29 is 9.63 Å². The SMILES string of the molecule is C=C(N)[C@@H]1CC[C@@H]2CN1C(=O)N2OCc1ccccc1. The molecule has 2 aliphatic heterocycles. The molecule has 2 bridgehead atoms. The van der Waals surface area contributed by atoms with Gasteiger partial charge in [-0.1, -0.05) is 36.9 Å². The van der Waals surface area contributed by atoms with Crippen molar-refractivity contribution in [3.8, 4) is 0 Å². The van der Waals surface area contributed by atoms with Crippen LogP contribution in [0.1, 0.15) is 18.4 Å². The Morgan fingerprint density at radius 2 is 2.10 bits per heavy atom. The molecule has 5 nitrogen and oxygen atoms in total. The third-order valence-corrected chi connectivity index (χ3v) is 3.96. The van der Waals surface area contributed by atoms with Gasteiger partial charge in [-0.15, -0.1) is 0 Å². The molecule has 20 heavy (non-hydrogen) atoms. The number of hydrogen-bond donors (Lipinski definition) is 1. The molecule has 2 N–H and O–H groups in total. The number of hydroxylamine groups is 2. The van der Waals surface area contributed by atoms with Gasteiger partial charge in [-0.25, -0.2) is 4.79 Å². The van der Waals surface area contributed by atoms with Gasteiger partial charge in [-0.3, -0.25) is 4.84 Å². The Hall–Kier alpha value is -2.01. The average Bonchev–Trinajstić information content (AvgIpc) is 2.70. The highest BCUT2D eigenvalue weighted by Crippen LogP contribution is 2.31. The molecule has 0 unspecified atom stereocenters. The minimum Gasteiger partial charge on any atom is -0.401 e. The molecule has 106 valence electrons. The first-order valence-corrected chi connectivity index (χ1v) is 6.88. The maximum atomic E-state index is 12.4. The Morgan fingerprint density at radius 3 is 2.80 bits per heavy atom. The summed E-state index contributed by atoms with van der Waals surface area (Å²) < 4.78 is 0. The summed E-state index contributed by atoms with van der Waals surface area (Å²) in [6, 6.07) is 9.82. The van der Waals surface area contributed by atoms with Crippen molar-refractivity contribution in [1.29, 1.82) is 0 Å². The Morgan fingerprint density at radius 1 is 1.35 bits per heavy atom. The molecule has 0 radical (unpaired) electrons. The number of carbonyl (C=O) groups excluding carboxylic acids is 1. The molecule has 2 aliphatic rings. The number of hydrogen-bond acceptors (Lipinski definition) is 3. The molecule has 2 amide bonds. The fourth-order valence-corrected chi connectivity index (χ4v) is 2.90. The lowest BCUT2D eigenvalue weighted by Crippen LogP contribution is -2.42. The van der Waals surface area contributed by atoms with Crippen molar-refractivity contribution in [2.45, 2.75) is 31.5 Å². The van der Waals surface area contributed by atoms with Gasteiger partial charge in [0.05, 0.1) is 12.1 Å². The van der Waals surface area contributed by atoms with Crippen LogP contribution >= 0.6 is 0 Å². The second-order valence-corrected chi connectivity index (χ2v) is 5.34. The van der Waals surface area contributed by atoms with Crippen LogP contribution in [-0.4, -0.2) is 34.6 Å². The van der Waals surface area contributed by atoms with Crippen molar-refractivity contribution in [3.05, 3.63) is 48.2 Å². The van der Waals surface area contributed by atoms with Gasteiger partial charge in [0.15, 0.2) is 0 Å². The average molecular weight is 273 g/mol. The molecule has 2 atom stereocenters. The van der Waals surface area contributed by atoms with Gasteiger partial charge < -0.3 is 10.6 Å². The molecule has 1 aromatic carbocycles. The Labute approximate surface area is 118 Å². The predicted molar refractivity (Wildman–Crippen MR) is 75.3 cm³/mol. The maximum Gasteiger partial charge on any atom is 0.344 e. The smallest absolute Gasteiger partial charge is 0.344 e. The lowest BCUT2D eigenvalue weighted by atomic mass is 9.99. The van der Waals surface area contributed by atoms with Crippen molar-refractivity contribution in [3.63, 3.8) is 0 Å². The molecule has 2 saturated heterocycles. The maximum absolute atomic E-state index is 12.4. The minimum atomic E-state index is -0.0972. The van der Waals surface area contributed by atoms with E-state index in [1.807, 2.05) is 30.3 Å². The first-order chi connectivity index (χ1) is 9.66. The van der Waals surface area contributed by atoms with E-state index in [1.165, 1.54) is 5.06 Å². The van der Waals surface area contributed by atoms with Crippen LogP contribution in [0.2, 0.25) is 0 Å². The lowest BCUT2D eigenvalue weighted by Gasteiger charge is -2.30. The molecule has 3 rings (SSSR count). The standard InChI is InChI=1S/C15H19N3O2/c1-11(16)14-8-7-13-9-17(14)15(19)18(13)20-10-12-5-3-2-4-6-12/h2-6,13-14H,1,7-10,16H2/t13-,14+/m1/s1. The van der Waals surface area contributed by atoms with E-state index in [0.29, 0.717) is 18.8 Å². The summed E-state index contributed by atoms with van der Waals surface area (Å²) in [5, 5.41) is 1.51. The van der Waals surface area contributed by atoms with Crippen LogP contribution in [-0.2, 0) is 11.4 Å². The highest BCUT2D eigenvalue weighted by atomic mass is 16.7. The number of amides is 2. The number of fused-ring (bicyclic) bond motifs is 2. The number of nitrogens with zero attached hydrogens (tertiary/aromatic N) is 2. The second kappa shape index (κ2) is 5.17. The quantitative estimate of drug-likeness (QED) is 0.911. The first-order valence-electron chi connectivity index (χ1n) is 6.88. The van der Waals surface area contributed by atoms with Crippen molar-refractivity contribution in [2.24, 2.45) is 5.73 Å². The number of piperidine rings is 1. The minimum absolute atomic E-state index is 0.0518. The number of rotatable bonds is 4. The van der Waals surface area contributed by atoms with E-state index < -0.39 is 0 Å². The number of urea groups is 1. The third-order valence-electron chi connectivity index (χ3n) is 3.96. The zero-order valence-electron chi connectivity index (χ0n) is 11.4. The van der Waals surface area contributed by atoms with Gasteiger partial charge in [-0.05, 0) is 18.4 Å². The largest absolute Gasteiger partial charge is 0.401 e. The Balaban J connectivity index is 1.67. The van der Waals surface area contributed by atoms with Gasteiger partial charge in [-0.2, -0.15) is 5.06 Å². The Kier molecular flexibility index (Phi) is 3.36. The third kappa shape index (κ3) is 2.25. The molecule has 2 fully saturated rings. The Bertz CT molecular complexity index is 517. The van der Waals surface area contributed by atoms with Gasteiger partial charge in [0, 0.05) is 12.2 Å². The molecular weight excluding hydrogens is 254 g/mol. The van der Waals surface area contributed by atoms with Gasteiger partial charge in [0.1, 0.15) is 6.61 Å². The normalized spacial score (nSPS) is 25.1. The van der Waals surface area contributed by atoms with Crippen LogP contribution in [0.3, 0.4) is 0 Å². The number of benzene rings is 1. The fourth-order valence-electron chi connectivity index (χ4n) is 2.90. The molecule has 0 aromatic heterocycles. The summed E-state index contributed by atoms with van der Waals surface area (Å²) in [7, 11) is 0. The van der Waals surface area contributed by atoms with Crippen molar-refractivity contribution >= 4 is 6.03 Å². The monoisotopic (exact) mass is 273 g/mol. The molecular formula is C15H19N3O2. The van der Waals surface area contributed by atoms with Crippen LogP contribution in [0, 0.1) is 0 Å². The van der Waals surface area contributed by atoms with Crippen molar-refractivity contribution in [1.82, 2.24) is 9.96 Å². The summed E-state index contributed by atoms with van der Waals surface area (Å²) >= 11 is 0. The van der Waals surface area contributed by atoms with E-state index in [9.17, 15) is 4.79 Å². The van der Waals surface area contributed by atoms with E-state index in [4.69, 9.17) is 10.6 Å². The highest BCUT2D eigenvalue weighted by Gasteiger charge is 2.45. The molecule has 0 aliphatic carbocycles. The lowest BCUT2D eigenvalue weighted by molar-refractivity contribution is -0.140. The van der Waals surface area contributed by atoms with Crippen LogP contribution < -0.4 is 5.73 Å². The summed E-state index contributed by atoms with van der Waals surface area (Å²) in [4.78, 5) is 19.8. The second-order valence-electron chi connectivity index (χ2n) is 5.34. The molecule has 0 saturated carbocycles. The molecule has 5 heteroatoms. The van der Waals surface area contributed by atoms with E-state index in [2.05, 4.69) is 6.58 Å². The summed E-state index contributed by atoms with van der Waals surface area (Å²) in [5.74, 6) is 0. The van der Waals surface area contributed by atoms with Gasteiger partial charge >= 0.3 is 6.03 Å². The van der Waals surface area contributed by atoms with Gasteiger partial charge in [0.2, 0.25) is 0 Å². The zero-order chi connectivity index (χ0) is 14.1. The van der Waals surface area contributed by atoms with Crippen LogP contribution in [0.25, 0.3) is 0 Å². The van der Waals surface area contributed by atoms with Crippen molar-refractivity contribution in [2.75, 3.05) is 6.54 Å². The van der Waals surface area contributed by atoms with E-state index in [-0.39, 0.29) is 18.1 Å². The molecule has 2 heterocycles. The van der Waals surface area contributed by atoms with E-state index in [1.54, 1.807) is 4.90 Å². The first kappa shape index (κ1) is 13.0. The van der Waals surface area contributed by atoms with Crippen LogP contribution in [0.5, 0.6) is 0 Å². The van der Waals surface area contributed by atoms with E-state index >= 15 is 0 Å². The fraction of sp³-hybridized carbons (Fsp3) is 0.400. The van der Waals surface area contributed by atoms with E-state index in [0.717, 1.165) is 18.4 Å². The topological polar surface area (TPSA) is 58.8 Å². The predicted octanol–water partition coefficient (Wildman–Crippen LogP) is 1.86. The number of carbonyl (C=O) groups is 1. The summed E-state index contributed by atoms with van der Waals surface area (Å²) in [6.07, 6.45) is 1.76. The number of nitrogens with two attached hydrogens (primary N) is 1. The van der Waals surface area contributed by atoms with Crippen LogP contribution in [0.4, 0.5) is 4.79 Å². The van der Waals surface area contributed by atoms with Crippen LogP contribution in [0.15, 0.2) is 42.6 Å². The summed E-state index contributed by atoms with van der Waals surface area (Å²) in [5.41, 5.74) is 7.39.